The van der Waals surface area contributed by atoms with Crippen molar-refractivity contribution >= 4 is 34.5 Å². The standard InChI is InChI=1S/C30H37NO4S/c1-19-8-10-22(11-9-19)29(32)31(24-14-12-20-13-15-25(35-2)17-23(20)16-24)26-18-27(36-28(26)30(33)34)21-6-4-3-5-7-21/h6,13,15,17-19,22,24H,3-5,7-12,14,16H2,1-2H3,(H,33,34)/t19-,22-,24?. The van der Waals surface area contributed by atoms with Crippen LogP contribution in [0.3, 0.4) is 0 Å². The van der Waals surface area contributed by atoms with Crippen molar-refractivity contribution in [3.05, 3.63) is 51.2 Å². The Morgan fingerprint density at radius 1 is 1.03 bits per heavy atom. The molecule has 3 aliphatic carbocycles. The minimum atomic E-state index is -0.939. The fourth-order valence-corrected chi connectivity index (χ4v) is 7.25. The lowest BCUT2D eigenvalue weighted by Crippen LogP contribution is -2.47. The fraction of sp³-hybridized carbons (Fsp3) is 0.533. The molecule has 1 N–H and O–H groups in total. The molecule has 1 fully saturated rings. The van der Waals surface area contributed by atoms with Crippen molar-refractivity contribution in [2.75, 3.05) is 12.0 Å². The van der Waals surface area contributed by atoms with Crippen molar-refractivity contribution in [3.8, 4) is 5.75 Å². The zero-order valence-corrected chi connectivity index (χ0v) is 22.2. The predicted molar refractivity (Wildman–Crippen MR) is 145 cm³/mol. The highest BCUT2D eigenvalue weighted by molar-refractivity contribution is 7.15. The number of benzene rings is 1. The summed E-state index contributed by atoms with van der Waals surface area (Å²) in [5.74, 6) is 0.610. The number of carboxylic acids is 1. The number of allylic oxidation sites excluding steroid dienone is 2. The Morgan fingerprint density at radius 2 is 1.83 bits per heavy atom. The van der Waals surface area contributed by atoms with Gasteiger partial charge in [-0.15, -0.1) is 11.3 Å². The van der Waals surface area contributed by atoms with Gasteiger partial charge < -0.3 is 14.7 Å². The number of ether oxygens (including phenoxy) is 1. The third-order valence-electron chi connectivity index (χ3n) is 8.36. The highest BCUT2D eigenvalue weighted by Crippen LogP contribution is 2.42. The van der Waals surface area contributed by atoms with Crippen molar-refractivity contribution in [1.29, 1.82) is 0 Å². The van der Waals surface area contributed by atoms with Gasteiger partial charge in [-0.1, -0.05) is 19.1 Å². The molecule has 0 radical (unpaired) electrons. The summed E-state index contributed by atoms with van der Waals surface area (Å²) in [5, 5.41) is 10.2. The molecule has 5 nitrogen and oxygen atoms in total. The second-order valence-electron chi connectivity index (χ2n) is 10.8. The van der Waals surface area contributed by atoms with Crippen LogP contribution in [-0.4, -0.2) is 30.1 Å². The summed E-state index contributed by atoms with van der Waals surface area (Å²) in [6.45, 7) is 2.26. The van der Waals surface area contributed by atoms with Gasteiger partial charge in [0.2, 0.25) is 5.91 Å². The minimum Gasteiger partial charge on any atom is -0.497 e. The molecule has 192 valence electrons. The number of carbonyl (C=O) groups excluding carboxylic acids is 1. The summed E-state index contributed by atoms with van der Waals surface area (Å²) in [6, 6.07) is 8.15. The lowest BCUT2D eigenvalue weighted by atomic mass is 9.81. The molecule has 36 heavy (non-hydrogen) atoms. The van der Waals surface area contributed by atoms with Crippen molar-refractivity contribution < 1.29 is 19.4 Å². The van der Waals surface area contributed by atoms with E-state index in [1.54, 1.807) is 7.11 Å². The number of rotatable bonds is 6. The second-order valence-corrected chi connectivity index (χ2v) is 11.9. The van der Waals surface area contributed by atoms with Crippen molar-refractivity contribution in [3.63, 3.8) is 0 Å². The Kier molecular flexibility index (Phi) is 7.52. The van der Waals surface area contributed by atoms with E-state index < -0.39 is 5.97 Å². The van der Waals surface area contributed by atoms with Crippen LogP contribution >= 0.6 is 11.3 Å². The number of fused-ring (bicyclic) bond motifs is 1. The average molecular weight is 508 g/mol. The molecule has 6 heteroatoms. The van der Waals surface area contributed by atoms with E-state index in [1.807, 2.05) is 17.0 Å². The van der Waals surface area contributed by atoms with Crippen molar-refractivity contribution in [2.45, 2.75) is 83.6 Å². The van der Waals surface area contributed by atoms with E-state index >= 15 is 0 Å². The van der Waals surface area contributed by atoms with E-state index in [0.717, 1.165) is 68.4 Å². The number of amides is 1. The molecule has 1 aromatic carbocycles. The van der Waals surface area contributed by atoms with Gasteiger partial charge in [-0.3, -0.25) is 4.79 Å². The van der Waals surface area contributed by atoms with E-state index in [0.29, 0.717) is 22.9 Å². The monoisotopic (exact) mass is 507 g/mol. The molecule has 2 aromatic rings. The van der Waals surface area contributed by atoms with Crippen LogP contribution in [0.4, 0.5) is 5.69 Å². The van der Waals surface area contributed by atoms with Gasteiger partial charge >= 0.3 is 5.97 Å². The van der Waals surface area contributed by atoms with E-state index in [-0.39, 0.29) is 17.9 Å². The molecular weight excluding hydrogens is 470 g/mol. The van der Waals surface area contributed by atoms with E-state index in [4.69, 9.17) is 4.74 Å². The predicted octanol–water partition coefficient (Wildman–Crippen LogP) is 7.13. The molecule has 1 heterocycles. The number of anilines is 1. The maximum absolute atomic E-state index is 14.2. The summed E-state index contributed by atoms with van der Waals surface area (Å²) in [6.07, 6.45) is 12.9. The molecule has 1 saturated carbocycles. The van der Waals surface area contributed by atoms with Gasteiger partial charge in [-0.2, -0.15) is 0 Å². The molecule has 1 aromatic heterocycles. The number of hydrogen-bond acceptors (Lipinski definition) is 4. The van der Waals surface area contributed by atoms with Gasteiger partial charge in [0.05, 0.1) is 12.8 Å². The Hall–Kier alpha value is -2.60. The van der Waals surface area contributed by atoms with Crippen LogP contribution < -0.4 is 9.64 Å². The maximum atomic E-state index is 14.2. The SMILES string of the molecule is COc1ccc2c(c1)CC(N(c1cc(C3=CCCCC3)sc1C(=O)O)C(=O)[C@H]1CC[C@H](C)CC1)CC2. The van der Waals surface area contributed by atoms with Gasteiger partial charge in [-0.25, -0.2) is 4.79 Å². The summed E-state index contributed by atoms with van der Waals surface area (Å²) in [5.41, 5.74) is 4.33. The minimum absolute atomic E-state index is 0.0354. The van der Waals surface area contributed by atoms with Crippen molar-refractivity contribution in [2.24, 2.45) is 11.8 Å². The number of aryl methyl sites for hydroxylation is 1. The quantitative estimate of drug-likeness (QED) is 0.452. The molecule has 1 atom stereocenters. The third-order valence-corrected chi connectivity index (χ3v) is 9.55. The summed E-state index contributed by atoms with van der Waals surface area (Å²) < 4.78 is 5.47. The zero-order valence-electron chi connectivity index (χ0n) is 21.4. The fourth-order valence-electron chi connectivity index (χ4n) is 6.19. The van der Waals surface area contributed by atoms with Crippen LogP contribution in [0, 0.1) is 11.8 Å². The zero-order chi connectivity index (χ0) is 25.2. The Labute approximate surface area is 218 Å². The average Bonchev–Trinajstić information content (AvgIpc) is 3.34. The van der Waals surface area contributed by atoms with E-state index in [2.05, 4.69) is 25.1 Å². The third kappa shape index (κ3) is 5.10. The van der Waals surface area contributed by atoms with Crippen LogP contribution in [-0.2, 0) is 17.6 Å². The van der Waals surface area contributed by atoms with Gasteiger partial charge in [-0.05, 0) is 111 Å². The molecule has 0 aliphatic heterocycles. The first-order valence-electron chi connectivity index (χ1n) is 13.5. The molecule has 1 amide bonds. The molecule has 0 bridgehead atoms. The number of aromatic carboxylic acids is 1. The number of methoxy groups -OCH3 is 1. The summed E-state index contributed by atoms with van der Waals surface area (Å²) in [7, 11) is 1.67. The number of nitrogens with zero attached hydrogens (tertiary/aromatic N) is 1. The second kappa shape index (κ2) is 10.8. The Balaban J connectivity index is 1.54. The Morgan fingerprint density at radius 3 is 2.53 bits per heavy atom. The van der Waals surface area contributed by atoms with Gasteiger partial charge in [0, 0.05) is 16.8 Å². The molecular formula is C30H37NO4S. The number of carboxylic acid groups (broad SMARTS) is 1. The Bertz CT molecular complexity index is 1160. The van der Waals surface area contributed by atoms with Crippen LogP contribution in [0.25, 0.3) is 5.57 Å². The van der Waals surface area contributed by atoms with E-state index in [9.17, 15) is 14.7 Å². The number of thiophene rings is 1. The van der Waals surface area contributed by atoms with Gasteiger partial charge in [0.1, 0.15) is 10.6 Å². The van der Waals surface area contributed by atoms with Crippen LogP contribution in [0.5, 0.6) is 5.75 Å². The summed E-state index contributed by atoms with van der Waals surface area (Å²) in [4.78, 5) is 29.9. The highest BCUT2D eigenvalue weighted by Gasteiger charge is 2.37. The van der Waals surface area contributed by atoms with Crippen LogP contribution in [0.2, 0.25) is 0 Å². The first-order chi connectivity index (χ1) is 17.4. The first kappa shape index (κ1) is 25.1. The molecule has 1 unspecified atom stereocenters. The van der Waals surface area contributed by atoms with Crippen LogP contribution in [0.15, 0.2) is 30.3 Å². The first-order valence-corrected chi connectivity index (χ1v) is 14.3. The van der Waals surface area contributed by atoms with E-state index in [1.165, 1.54) is 34.5 Å². The highest BCUT2D eigenvalue weighted by atomic mass is 32.1. The molecule has 0 spiro atoms. The van der Waals surface area contributed by atoms with Gasteiger partial charge in [0.25, 0.3) is 0 Å². The van der Waals surface area contributed by atoms with Crippen LogP contribution in [0.1, 0.15) is 90.4 Å². The topological polar surface area (TPSA) is 66.8 Å². The number of carbonyl (C=O) groups is 2. The molecule has 3 aliphatic rings. The molecule has 0 saturated heterocycles. The number of hydrogen-bond donors (Lipinski definition) is 1. The van der Waals surface area contributed by atoms with Crippen molar-refractivity contribution in [1.82, 2.24) is 0 Å². The maximum Gasteiger partial charge on any atom is 0.348 e. The lowest BCUT2D eigenvalue weighted by Gasteiger charge is -2.38. The smallest absolute Gasteiger partial charge is 0.348 e. The lowest BCUT2D eigenvalue weighted by molar-refractivity contribution is -0.124. The normalized spacial score (nSPS) is 23.9. The summed E-state index contributed by atoms with van der Waals surface area (Å²) >= 11 is 1.34. The molecule has 5 rings (SSSR count). The van der Waals surface area contributed by atoms with Gasteiger partial charge in [0.15, 0.2) is 0 Å². The largest absolute Gasteiger partial charge is 0.497 e.